The van der Waals surface area contributed by atoms with Gasteiger partial charge in [0.1, 0.15) is 5.82 Å². The van der Waals surface area contributed by atoms with Gasteiger partial charge in [-0.15, -0.1) is 0 Å². The second kappa shape index (κ2) is 4.54. The lowest BCUT2D eigenvalue weighted by molar-refractivity contribution is -0.116. The number of amides is 1. The van der Waals surface area contributed by atoms with Gasteiger partial charge in [0.25, 0.3) is 0 Å². The molecular formula is C10H11FN2O2. The summed E-state index contributed by atoms with van der Waals surface area (Å²) in [5, 5.41) is 0. The van der Waals surface area contributed by atoms with Crippen molar-refractivity contribution in [3.63, 3.8) is 0 Å². The minimum absolute atomic E-state index is 0.0892. The van der Waals surface area contributed by atoms with Crippen LogP contribution in [0.5, 0.6) is 0 Å². The van der Waals surface area contributed by atoms with Crippen molar-refractivity contribution in [2.24, 2.45) is 5.73 Å². The number of hydrogen-bond donors (Lipinski definition) is 1. The Morgan fingerprint density at radius 2 is 2.27 bits per heavy atom. The van der Waals surface area contributed by atoms with E-state index in [0.29, 0.717) is 6.29 Å². The van der Waals surface area contributed by atoms with Gasteiger partial charge in [-0.05, 0) is 12.1 Å². The van der Waals surface area contributed by atoms with Crippen LogP contribution in [0.4, 0.5) is 10.1 Å². The van der Waals surface area contributed by atoms with Crippen molar-refractivity contribution >= 4 is 17.9 Å². The topological polar surface area (TPSA) is 63.4 Å². The Morgan fingerprint density at radius 3 is 2.80 bits per heavy atom. The van der Waals surface area contributed by atoms with Gasteiger partial charge >= 0.3 is 0 Å². The van der Waals surface area contributed by atoms with Gasteiger partial charge in [-0.1, -0.05) is 6.07 Å². The summed E-state index contributed by atoms with van der Waals surface area (Å²) in [5.74, 6) is -1.14. The van der Waals surface area contributed by atoms with E-state index in [0.717, 1.165) is 0 Å². The third kappa shape index (κ3) is 2.52. The molecule has 80 valence electrons. The minimum atomic E-state index is -0.586. The maximum Gasteiger partial charge on any atom is 0.236 e. The van der Waals surface area contributed by atoms with Gasteiger partial charge in [0.05, 0.1) is 12.2 Å². The summed E-state index contributed by atoms with van der Waals surface area (Å²) in [5.41, 5.74) is 5.26. The van der Waals surface area contributed by atoms with E-state index in [-0.39, 0.29) is 17.8 Å². The highest BCUT2D eigenvalue weighted by atomic mass is 19.1. The molecule has 1 amide bonds. The summed E-state index contributed by atoms with van der Waals surface area (Å²) in [6, 6.07) is 4.13. The number of likely N-dealkylation sites (N-methyl/N-ethyl adjacent to an activating group) is 1. The maximum absolute atomic E-state index is 13.4. The van der Waals surface area contributed by atoms with E-state index in [4.69, 9.17) is 5.73 Å². The standard InChI is InChI=1S/C10H11FN2O2/c1-13(5-9(12)15)10-7(6-14)3-2-4-8(10)11/h2-4,6H,5H2,1H3,(H2,12,15). The Bertz CT molecular complexity index is 393. The number of carbonyl (C=O) groups is 2. The fourth-order valence-corrected chi connectivity index (χ4v) is 1.34. The number of anilines is 1. The molecule has 4 nitrogen and oxygen atoms in total. The summed E-state index contributed by atoms with van der Waals surface area (Å²) in [7, 11) is 1.50. The SMILES string of the molecule is CN(CC(N)=O)c1c(F)cccc1C=O. The van der Waals surface area contributed by atoms with Crippen molar-refractivity contribution in [1.29, 1.82) is 0 Å². The van der Waals surface area contributed by atoms with E-state index in [1.54, 1.807) is 0 Å². The van der Waals surface area contributed by atoms with E-state index < -0.39 is 11.7 Å². The van der Waals surface area contributed by atoms with Gasteiger partial charge in [0.15, 0.2) is 6.29 Å². The fourth-order valence-electron chi connectivity index (χ4n) is 1.34. The molecule has 0 atom stereocenters. The van der Waals surface area contributed by atoms with Gasteiger partial charge in [-0.2, -0.15) is 0 Å². The molecule has 0 radical (unpaired) electrons. The number of hydrogen-bond acceptors (Lipinski definition) is 3. The van der Waals surface area contributed by atoms with Crippen LogP contribution in [0, 0.1) is 5.82 Å². The third-order valence-electron chi connectivity index (χ3n) is 1.92. The first-order valence-corrected chi connectivity index (χ1v) is 4.29. The molecule has 0 aliphatic rings. The molecule has 0 spiro atoms. The van der Waals surface area contributed by atoms with Gasteiger partial charge in [0, 0.05) is 12.6 Å². The molecule has 5 heteroatoms. The maximum atomic E-state index is 13.4. The number of nitrogens with zero attached hydrogens (tertiary/aromatic N) is 1. The van der Waals surface area contributed by atoms with E-state index in [1.807, 2.05) is 0 Å². The Hall–Kier alpha value is -1.91. The molecule has 1 aromatic carbocycles. The number of benzene rings is 1. The summed E-state index contributed by atoms with van der Waals surface area (Å²) < 4.78 is 13.4. The smallest absolute Gasteiger partial charge is 0.236 e. The predicted molar refractivity (Wildman–Crippen MR) is 54.3 cm³/mol. The van der Waals surface area contributed by atoms with Crippen molar-refractivity contribution in [2.45, 2.75) is 0 Å². The van der Waals surface area contributed by atoms with Crippen LogP contribution in [0.3, 0.4) is 0 Å². The van der Waals surface area contributed by atoms with E-state index in [2.05, 4.69) is 0 Å². The first-order chi connectivity index (χ1) is 7.06. The van der Waals surface area contributed by atoms with Crippen molar-refractivity contribution in [2.75, 3.05) is 18.5 Å². The number of primary amides is 1. The molecule has 15 heavy (non-hydrogen) atoms. The Balaban J connectivity index is 3.10. The molecule has 0 aliphatic carbocycles. The molecular weight excluding hydrogens is 199 g/mol. The normalized spacial score (nSPS) is 9.73. The highest BCUT2D eigenvalue weighted by Gasteiger charge is 2.13. The van der Waals surface area contributed by atoms with Gasteiger partial charge < -0.3 is 10.6 Å². The molecule has 0 unspecified atom stereocenters. The number of aldehydes is 1. The highest BCUT2D eigenvalue weighted by Crippen LogP contribution is 2.21. The zero-order valence-electron chi connectivity index (χ0n) is 8.24. The van der Waals surface area contributed by atoms with Gasteiger partial charge in [-0.3, -0.25) is 9.59 Å². The second-order valence-electron chi connectivity index (χ2n) is 3.12. The largest absolute Gasteiger partial charge is 0.368 e. The molecule has 2 N–H and O–H groups in total. The summed E-state index contributed by atoms with van der Waals surface area (Å²) in [6.07, 6.45) is 0.538. The highest BCUT2D eigenvalue weighted by molar-refractivity contribution is 5.87. The average molecular weight is 210 g/mol. The lowest BCUT2D eigenvalue weighted by Gasteiger charge is -2.19. The Kier molecular flexibility index (Phi) is 3.38. The molecule has 0 aliphatic heterocycles. The molecule has 0 saturated heterocycles. The van der Waals surface area contributed by atoms with Crippen LogP contribution in [0.2, 0.25) is 0 Å². The molecule has 0 aromatic heterocycles. The number of halogens is 1. The summed E-state index contributed by atoms with van der Waals surface area (Å²) in [6.45, 7) is -0.137. The first kappa shape index (κ1) is 11.2. The summed E-state index contributed by atoms with van der Waals surface area (Å²) >= 11 is 0. The zero-order chi connectivity index (χ0) is 11.4. The van der Waals surface area contributed by atoms with Crippen molar-refractivity contribution in [3.05, 3.63) is 29.6 Å². The summed E-state index contributed by atoms with van der Waals surface area (Å²) in [4.78, 5) is 22.6. The zero-order valence-corrected chi connectivity index (χ0v) is 8.24. The molecule has 0 bridgehead atoms. The number of nitrogens with two attached hydrogens (primary N) is 1. The first-order valence-electron chi connectivity index (χ1n) is 4.29. The van der Waals surface area contributed by atoms with Crippen LogP contribution >= 0.6 is 0 Å². The van der Waals surface area contributed by atoms with Crippen LogP contribution in [-0.4, -0.2) is 25.8 Å². The van der Waals surface area contributed by atoms with Crippen LogP contribution in [-0.2, 0) is 4.79 Å². The van der Waals surface area contributed by atoms with Crippen molar-refractivity contribution < 1.29 is 14.0 Å². The number of carbonyl (C=O) groups excluding carboxylic acids is 2. The van der Waals surface area contributed by atoms with Crippen molar-refractivity contribution in [3.8, 4) is 0 Å². The molecule has 0 fully saturated rings. The third-order valence-corrected chi connectivity index (χ3v) is 1.92. The molecule has 1 rings (SSSR count). The Morgan fingerprint density at radius 1 is 1.60 bits per heavy atom. The van der Waals surface area contributed by atoms with Crippen LogP contribution in [0.15, 0.2) is 18.2 Å². The monoisotopic (exact) mass is 210 g/mol. The molecule has 1 aromatic rings. The van der Waals surface area contributed by atoms with Crippen LogP contribution in [0.1, 0.15) is 10.4 Å². The quantitative estimate of drug-likeness (QED) is 0.738. The van der Waals surface area contributed by atoms with Crippen LogP contribution in [0.25, 0.3) is 0 Å². The number of rotatable bonds is 4. The molecule has 0 saturated carbocycles. The molecule has 0 heterocycles. The van der Waals surface area contributed by atoms with E-state index in [9.17, 15) is 14.0 Å². The lowest BCUT2D eigenvalue weighted by atomic mass is 10.1. The van der Waals surface area contributed by atoms with Crippen molar-refractivity contribution in [1.82, 2.24) is 0 Å². The minimum Gasteiger partial charge on any atom is -0.368 e. The average Bonchev–Trinajstić information content (AvgIpc) is 2.15. The predicted octanol–water partition coefficient (Wildman–Crippen LogP) is 0.560. The Labute approximate surface area is 86.5 Å². The number of para-hydroxylation sites is 1. The second-order valence-corrected chi connectivity index (χ2v) is 3.12. The van der Waals surface area contributed by atoms with Gasteiger partial charge in [0.2, 0.25) is 5.91 Å². The van der Waals surface area contributed by atoms with Gasteiger partial charge in [-0.25, -0.2) is 4.39 Å². The van der Waals surface area contributed by atoms with Crippen LogP contribution < -0.4 is 10.6 Å². The lowest BCUT2D eigenvalue weighted by Crippen LogP contribution is -2.31. The van der Waals surface area contributed by atoms with E-state index in [1.165, 1.54) is 30.1 Å². The fraction of sp³-hybridized carbons (Fsp3) is 0.200. The van der Waals surface area contributed by atoms with E-state index >= 15 is 0 Å².